The maximum atomic E-state index is 12.5. The molecule has 2 aromatic carbocycles. The number of methoxy groups -OCH3 is 1. The van der Waals surface area contributed by atoms with Gasteiger partial charge in [0, 0.05) is 42.4 Å². The summed E-state index contributed by atoms with van der Waals surface area (Å²) in [7, 11) is -0.00401. The van der Waals surface area contributed by atoms with Crippen LogP contribution < -0.4 is 49.5 Å². The van der Waals surface area contributed by atoms with Crippen LogP contribution >= 0.6 is 0 Å². The molecule has 32 heavy (non-hydrogen) atoms. The Balaban J connectivity index is 0.00000181. The van der Waals surface area contributed by atoms with E-state index in [2.05, 4.69) is 9.62 Å². The van der Waals surface area contributed by atoms with Crippen LogP contribution in [0.2, 0.25) is 0 Å². The second kappa shape index (κ2) is 9.84. The molecular weight excluding hydrogens is 441 g/mol. The molecule has 1 aliphatic rings. The molecule has 0 saturated carbocycles. The van der Waals surface area contributed by atoms with Crippen molar-refractivity contribution in [2.24, 2.45) is 7.05 Å². The SMILES string of the molecule is COc1cc(N2CCCc3ccc(NS(C)(=O)=O)cc32)c2cc(C)c(=O)n(C)c2c1.[Na+].[OH-]. The summed E-state index contributed by atoms with van der Waals surface area (Å²) in [5.74, 6) is 0.661. The van der Waals surface area contributed by atoms with E-state index in [0.29, 0.717) is 17.0 Å². The standard InChI is InChI=1S/C22H25N3O4S.Na.H2O/c1-14-10-18-20(24(2)22(14)26)12-17(29-3)13-21(18)25-9-5-6-15-7-8-16(11-19(15)25)23-30(4,27)28;;/h7-8,10-13,23H,5-6,9H2,1-4H3;;1H2/q;+1;/p-1. The van der Waals surface area contributed by atoms with E-state index in [1.54, 1.807) is 24.8 Å². The quantitative estimate of drug-likeness (QED) is 0.547. The van der Waals surface area contributed by atoms with Crippen LogP contribution in [0.3, 0.4) is 0 Å². The number of aryl methyl sites for hydroxylation is 3. The minimum absolute atomic E-state index is 0. The van der Waals surface area contributed by atoms with Crippen molar-refractivity contribution >= 4 is 38.0 Å². The van der Waals surface area contributed by atoms with Crippen LogP contribution in [0, 0.1) is 6.92 Å². The van der Waals surface area contributed by atoms with Gasteiger partial charge < -0.3 is 19.7 Å². The fourth-order valence-electron chi connectivity index (χ4n) is 4.12. The van der Waals surface area contributed by atoms with Crippen molar-refractivity contribution < 1.29 is 48.2 Å². The maximum Gasteiger partial charge on any atom is 1.00 e. The number of fused-ring (bicyclic) bond motifs is 2. The molecule has 0 aliphatic carbocycles. The number of benzene rings is 2. The van der Waals surface area contributed by atoms with Gasteiger partial charge in [-0.2, -0.15) is 0 Å². The molecule has 0 bridgehead atoms. The number of hydrogen-bond acceptors (Lipinski definition) is 6. The van der Waals surface area contributed by atoms with E-state index in [1.165, 1.54) is 0 Å². The van der Waals surface area contributed by atoms with Crippen LogP contribution in [0.15, 0.2) is 41.2 Å². The van der Waals surface area contributed by atoms with E-state index in [-0.39, 0.29) is 40.6 Å². The van der Waals surface area contributed by atoms with Gasteiger partial charge in [-0.25, -0.2) is 8.42 Å². The van der Waals surface area contributed by atoms with E-state index in [0.717, 1.165) is 53.5 Å². The largest absolute Gasteiger partial charge is 1.00 e. The maximum absolute atomic E-state index is 12.5. The minimum Gasteiger partial charge on any atom is -0.870 e. The van der Waals surface area contributed by atoms with Gasteiger partial charge in [0.15, 0.2) is 0 Å². The Morgan fingerprint density at radius 2 is 1.81 bits per heavy atom. The Bertz CT molecular complexity index is 1320. The van der Waals surface area contributed by atoms with Crippen LogP contribution in [0.25, 0.3) is 10.9 Å². The molecule has 10 heteroatoms. The Kier molecular flexibility index (Phi) is 8.06. The van der Waals surface area contributed by atoms with Crippen molar-refractivity contribution in [1.82, 2.24) is 4.57 Å². The van der Waals surface area contributed by atoms with E-state index in [9.17, 15) is 13.2 Å². The van der Waals surface area contributed by atoms with Crippen molar-refractivity contribution in [2.75, 3.05) is 29.5 Å². The number of nitrogens with zero attached hydrogens (tertiary/aromatic N) is 2. The predicted octanol–water partition coefficient (Wildman–Crippen LogP) is 0.139. The zero-order chi connectivity index (χ0) is 21.6. The number of pyridine rings is 1. The molecule has 2 heterocycles. The van der Waals surface area contributed by atoms with Crippen molar-refractivity contribution in [1.29, 1.82) is 0 Å². The molecule has 8 nitrogen and oxygen atoms in total. The summed E-state index contributed by atoms with van der Waals surface area (Å²) in [6.07, 6.45) is 3.03. The number of rotatable bonds is 4. The average molecular weight is 468 g/mol. The van der Waals surface area contributed by atoms with E-state index < -0.39 is 10.0 Å². The Morgan fingerprint density at radius 3 is 2.47 bits per heavy atom. The van der Waals surface area contributed by atoms with Gasteiger partial charge in [0.05, 0.1) is 30.3 Å². The third kappa shape index (κ3) is 4.97. The summed E-state index contributed by atoms with van der Waals surface area (Å²) in [4.78, 5) is 14.7. The molecular formula is C22H26N3NaO5S. The smallest absolute Gasteiger partial charge is 0.870 e. The second-order valence-electron chi connectivity index (χ2n) is 7.74. The monoisotopic (exact) mass is 467 g/mol. The summed E-state index contributed by atoms with van der Waals surface area (Å²) in [5.41, 5.74) is 4.98. The molecule has 1 aromatic heterocycles. The van der Waals surface area contributed by atoms with E-state index in [1.807, 2.05) is 37.3 Å². The Morgan fingerprint density at radius 1 is 1.09 bits per heavy atom. The van der Waals surface area contributed by atoms with Crippen molar-refractivity contribution in [3.05, 3.63) is 57.9 Å². The molecule has 0 unspecified atom stereocenters. The predicted molar refractivity (Wildman–Crippen MR) is 123 cm³/mol. The van der Waals surface area contributed by atoms with Crippen LogP contribution in [-0.2, 0) is 23.5 Å². The molecule has 0 radical (unpaired) electrons. The molecule has 0 fully saturated rings. The number of ether oxygens (including phenoxy) is 1. The zero-order valence-electron chi connectivity index (χ0n) is 19.0. The van der Waals surface area contributed by atoms with Gasteiger partial charge in [-0.1, -0.05) is 6.07 Å². The fraction of sp³-hybridized carbons (Fsp3) is 0.318. The molecule has 1 aliphatic heterocycles. The molecule has 3 aromatic rings. The van der Waals surface area contributed by atoms with Crippen LogP contribution in [0.5, 0.6) is 5.75 Å². The molecule has 0 atom stereocenters. The molecule has 4 rings (SSSR count). The number of nitrogens with one attached hydrogen (secondary N) is 1. The zero-order valence-corrected chi connectivity index (χ0v) is 21.8. The molecule has 0 amide bonds. The fourth-order valence-corrected chi connectivity index (χ4v) is 4.67. The Hall–Kier alpha value is -2.04. The summed E-state index contributed by atoms with van der Waals surface area (Å²) in [6, 6.07) is 11.4. The number of hydrogen-bond donors (Lipinski definition) is 1. The number of sulfonamides is 1. The second-order valence-corrected chi connectivity index (χ2v) is 9.49. The average Bonchev–Trinajstić information content (AvgIpc) is 2.70. The molecule has 0 spiro atoms. The first-order valence-corrected chi connectivity index (χ1v) is 11.6. The molecule has 2 N–H and O–H groups in total. The van der Waals surface area contributed by atoms with Crippen molar-refractivity contribution in [3.63, 3.8) is 0 Å². The summed E-state index contributed by atoms with van der Waals surface area (Å²) in [6.45, 7) is 2.59. The topological polar surface area (TPSA) is 111 Å². The van der Waals surface area contributed by atoms with Gasteiger partial charge in [-0.05, 0) is 43.5 Å². The van der Waals surface area contributed by atoms with Crippen LogP contribution in [-0.4, -0.2) is 38.4 Å². The van der Waals surface area contributed by atoms with Crippen LogP contribution in [0.1, 0.15) is 17.5 Å². The molecule has 166 valence electrons. The summed E-state index contributed by atoms with van der Waals surface area (Å²) < 4.78 is 33.2. The van der Waals surface area contributed by atoms with Gasteiger partial charge in [-0.3, -0.25) is 9.52 Å². The first-order chi connectivity index (χ1) is 14.2. The third-order valence-electron chi connectivity index (χ3n) is 5.51. The van der Waals surface area contributed by atoms with Gasteiger partial charge >= 0.3 is 29.6 Å². The minimum atomic E-state index is -3.37. The first kappa shape index (κ1) is 26.2. The van der Waals surface area contributed by atoms with Gasteiger partial charge in [-0.15, -0.1) is 0 Å². The van der Waals surface area contributed by atoms with Gasteiger partial charge in [0.1, 0.15) is 5.75 Å². The Labute approximate surface area is 209 Å². The summed E-state index contributed by atoms with van der Waals surface area (Å²) in [5, 5.41) is 0.949. The number of anilines is 3. The van der Waals surface area contributed by atoms with Crippen molar-refractivity contribution in [2.45, 2.75) is 19.8 Å². The van der Waals surface area contributed by atoms with Crippen molar-refractivity contribution in [3.8, 4) is 5.75 Å². The molecule has 0 saturated heterocycles. The first-order valence-electron chi connectivity index (χ1n) is 9.74. The van der Waals surface area contributed by atoms with E-state index >= 15 is 0 Å². The normalized spacial score (nSPS) is 13.1. The van der Waals surface area contributed by atoms with Gasteiger partial charge in [0.2, 0.25) is 10.0 Å². The summed E-state index contributed by atoms with van der Waals surface area (Å²) >= 11 is 0. The number of aromatic nitrogens is 1. The third-order valence-corrected chi connectivity index (χ3v) is 6.11. The van der Waals surface area contributed by atoms with Gasteiger partial charge in [0.25, 0.3) is 5.56 Å². The van der Waals surface area contributed by atoms with E-state index in [4.69, 9.17) is 4.74 Å². The van der Waals surface area contributed by atoms with Crippen LogP contribution in [0.4, 0.5) is 17.1 Å².